The largest absolute Gasteiger partial charge is 0.508 e. The molecular formula is C27H22N2O8S. The lowest BCUT2D eigenvalue weighted by molar-refractivity contribution is -0.132. The molecule has 2 aromatic carbocycles. The summed E-state index contributed by atoms with van der Waals surface area (Å²) < 4.78 is 16.2. The van der Waals surface area contributed by atoms with Crippen molar-refractivity contribution in [3.05, 3.63) is 82.4 Å². The first-order chi connectivity index (χ1) is 18.3. The maximum Gasteiger partial charge on any atom is 0.350 e. The third-order valence-corrected chi connectivity index (χ3v) is 7.11. The molecule has 1 amide bonds. The highest BCUT2D eigenvalue weighted by Gasteiger charge is 2.48. The molecule has 2 aliphatic rings. The summed E-state index contributed by atoms with van der Waals surface area (Å²) >= 11 is 0.894. The van der Waals surface area contributed by atoms with Gasteiger partial charge in [-0.1, -0.05) is 36.1 Å². The van der Waals surface area contributed by atoms with Crippen LogP contribution in [0.5, 0.6) is 17.2 Å². The van der Waals surface area contributed by atoms with Crippen molar-refractivity contribution in [2.75, 3.05) is 24.7 Å². The van der Waals surface area contributed by atoms with E-state index in [9.17, 15) is 24.6 Å². The Bertz CT molecular complexity index is 1490. The number of aromatic hydroxyl groups is 1. The van der Waals surface area contributed by atoms with Crippen molar-refractivity contribution in [1.82, 2.24) is 4.98 Å². The number of Topliss-reactive ketones (excluding diaryl/α,β-unsaturated/α-hetero) is 1. The molecule has 0 bridgehead atoms. The van der Waals surface area contributed by atoms with Crippen LogP contribution in [0.25, 0.3) is 5.76 Å². The predicted octanol–water partition coefficient (Wildman–Crippen LogP) is 3.90. The first-order valence-corrected chi connectivity index (χ1v) is 12.4. The van der Waals surface area contributed by atoms with Gasteiger partial charge in [-0.05, 0) is 42.8 Å². The van der Waals surface area contributed by atoms with E-state index in [1.165, 1.54) is 36.4 Å². The van der Waals surface area contributed by atoms with Crippen LogP contribution in [-0.2, 0) is 14.3 Å². The Morgan fingerprint density at radius 3 is 2.61 bits per heavy atom. The molecule has 11 heteroatoms. The second-order valence-electron chi connectivity index (χ2n) is 8.42. The third-order valence-electron chi connectivity index (χ3n) is 5.98. The molecule has 194 valence electrons. The molecule has 10 nitrogen and oxygen atoms in total. The molecule has 1 atom stereocenters. The Kier molecular flexibility index (Phi) is 6.60. The number of ether oxygens (including phenoxy) is 3. The van der Waals surface area contributed by atoms with Gasteiger partial charge in [0.2, 0.25) is 0 Å². The number of aliphatic hydroxyl groups excluding tert-OH is 1. The van der Waals surface area contributed by atoms with Crippen molar-refractivity contribution in [2.45, 2.75) is 13.0 Å². The summed E-state index contributed by atoms with van der Waals surface area (Å²) in [4.78, 5) is 44.9. The minimum Gasteiger partial charge on any atom is -0.508 e. The summed E-state index contributed by atoms with van der Waals surface area (Å²) in [5.41, 5.74) is 0.822. The van der Waals surface area contributed by atoms with Crippen LogP contribution in [0.3, 0.4) is 0 Å². The van der Waals surface area contributed by atoms with Crippen LogP contribution in [0, 0.1) is 6.92 Å². The Morgan fingerprint density at radius 1 is 1.18 bits per heavy atom. The zero-order valence-corrected chi connectivity index (χ0v) is 21.0. The van der Waals surface area contributed by atoms with E-state index in [1.807, 2.05) is 0 Å². The number of nitrogens with zero attached hydrogens (tertiary/aromatic N) is 2. The van der Waals surface area contributed by atoms with Gasteiger partial charge in [-0.3, -0.25) is 14.5 Å². The Balaban J connectivity index is 1.64. The molecule has 0 aliphatic carbocycles. The molecule has 2 N–H and O–H groups in total. The number of phenolic OH excluding ortho intramolecular Hbond substituents is 1. The van der Waals surface area contributed by atoms with E-state index in [4.69, 9.17) is 14.2 Å². The van der Waals surface area contributed by atoms with Gasteiger partial charge in [-0.25, -0.2) is 9.78 Å². The van der Waals surface area contributed by atoms with Gasteiger partial charge in [0, 0.05) is 5.56 Å². The lowest BCUT2D eigenvalue weighted by Gasteiger charge is -2.23. The van der Waals surface area contributed by atoms with Crippen molar-refractivity contribution in [2.24, 2.45) is 0 Å². The molecule has 1 aromatic heterocycles. The zero-order chi connectivity index (χ0) is 27.0. The van der Waals surface area contributed by atoms with E-state index in [2.05, 4.69) is 11.6 Å². The minimum atomic E-state index is -1.09. The van der Waals surface area contributed by atoms with Gasteiger partial charge in [0.15, 0.2) is 16.6 Å². The molecule has 2 aliphatic heterocycles. The van der Waals surface area contributed by atoms with Crippen molar-refractivity contribution in [1.29, 1.82) is 0 Å². The molecule has 1 saturated heterocycles. The number of aliphatic hydroxyl groups is 1. The van der Waals surface area contributed by atoms with Crippen LogP contribution in [-0.4, -0.2) is 52.7 Å². The molecule has 3 aromatic rings. The highest BCUT2D eigenvalue weighted by molar-refractivity contribution is 7.17. The van der Waals surface area contributed by atoms with E-state index in [0.29, 0.717) is 36.0 Å². The summed E-state index contributed by atoms with van der Waals surface area (Å²) in [6, 6.07) is 9.51. The maximum atomic E-state index is 13.4. The number of hydrogen-bond donors (Lipinski definition) is 2. The van der Waals surface area contributed by atoms with Crippen LogP contribution >= 0.6 is 11.3 Å². The van der Waals surface area contributed by atoms with Crippen LogP contribution < -0.4 is 14.4 Å². The van der Waals surface area contributed by atoms with Gasteiger partial charge in [-0.15, -0.1) is 0 Å². The summed E-state index contributed by atoms with van der Waals surface area (Å²) in [5.74, 6) is -2.04. The Morgan fingerprint density at radius 2 is 1.89 bits per heavy atom. The first-order valence-electron chi connectivity index (χ1n) is 11.6. The van der Waals surface area contributed by atoms with Crippen molar-refractivity contribution in [3.8, 4) is 17.2 Å². The van der Waals surface area contributed by atoms with Crippen molar-refractivity contribution < 1.29 is 38.8 Å². The number of benzene rings is 2. The molecule has 0 radical (unpaired) electrons. The normalized spacial score (nSPS) is 17.9. The van der Waals surface area contributed by atoms with E-state index in [0.717, 1.165) is 16.2 Å². The fraction of sp³-hybridized carbons (Fsp3) is 0.185. The van der Waals surface area contributed by atoms with Crippen molar-refractivity contribution in [3.63, 3.8) is 0 Å². The Labute approximate surface area is 221 Å². The zero-order valence-electron chi connectivity index (χ0n) is 20.2. The SMILES string of the molecule is C=CCOC(=O)c1sc(N2C(=O)C(=O)/C(=C(/O)c3ccc4c(c3)OCCO4)C2c2ccc(O)cc2)nc1C. The second kappa shape index (κ2) is 10.0. The fourth-order valence-electron chi connectivity index (χ4n) is 4.22. The lowest BCUT2D eigenvalue weighted by Crippen LogP contribution is -2.29. The van der Waals surface area contributed by atoms with E-state index in [-0.39, 0.29) is 33.5 Å². The smallest absolute Gasteiger partial charge is 0.350 e. The number of ketones is 1. The molecule has 5 rings (SSSR count). The topological polar surface area (TPSA) is 135 Å². The summed E-state index contributed by atoms with van der Waals surface area (Å²) in [6.07, 6.45) is 1.43. The average molecular weight is 535 g/mol. The van der Waals surface area contributed by atoms with Gasteiger partial charge < -0.3 is 24.4 Å². The number of amides is 1. The minimum absolute atomic E-state index is 0.000931. The van der Waals surface area contributed by atoms with Crippen molar-refractivity contribution >= 4 is 39.9 Å². The van der Waals surface area contributed by atoms with Gasteiger partial charge in [0.05, 0.1) is 17.3 Å². The van der Waals surface area contributed by atoms with E-state index >= 15 is 0 Å². The lowest BCUT2D eigenvalue weighted by atomic mass is 9.95. The highest BCUT2D eigenvalue weighted by Crippen LogP contribution is 2.45. The van der Waals surface area contributed by atoms with E-state index in [1.54, 1.807) is 19.1 Å². The number of hydrogen-bond acceptors (Lipinski definition) is 10. The standard InChI is InChI=1S/C27H22N2O8S/c1-3-10-37-26(34)24-14(2)28-27(38-24)29-21(15-4-7-17(30)8-5-15)20(23(32)25(29)33)22(31)16-6-9-18-19(13-16)36-12-11-35-18/h3-9,13,21,30-31H,1,10-12H2,2H3/b22-20+. The summed E-state index contributed by atoms with van der Waals surface area (Å²) in [5, 5.41) is 21.2. The average Bonchev–Trinajstić information content (AvgIpc) is 3.43. The number of carbonyl (C=O) groups is 3. The van der Waals surface area contributed by atoms with Crippen LogP contribution in [0.1, 0.15) is 32.5 Å². The molecule has 0 saturated carbocycles. The number of carbonyl (C=O) groups excluding carboxylic acids is 3. The monoisotopic (exact) mass is 534 g/mol. The van der Waals surface area contributed by atoms with Crippen LogP contribution in [0.15, 0.2) is 60.7 Å². The van der Waals surface area contributed by atoms with Gasteiger partial charge in [0.1, 0.15) is 36.2 Å². The van der Waals surface area contributed by atoms with Gasteiger partial charge in [-0.2, -0.15) is 0 Å². The number of fused-ring (bicyclic) bond motifs is 1. The number of anilines is 1. The number of aromatic nitrogens is 1. The van der Waals surface area contributed by atoms with Crippen LogP contribution in [0.4, 0.5) is 5.13 Å². The molecule has 38 heavy (non-hydrogen) atoms. The quantitative estimate of drug-likeness (QED) is 0.159. The molecular weight excluding hydrogens is 512 g/mol. The molecule has 1 unspecified atom stereocenters. The number of thiazole rings is 1. The van der Waals surface area contributed by atoms with Crippen LogP contribution in [0.2, 0.25) is 0 Å². The fourth-order valence-corrected chi connectivity index (χ4v) is 5.21. The number of phenols is 1. The first kappa shape index (κ1) is 25.0. The second-order valence-corrected chi connectivity index (χ2v) is 9.39. The number of esters is 1. The number of rotatable bonds is 6. The van der Waals surface area contributed by atoms with E-state index < -0.39 is 29.5 Å². The predicted molar refractivity (Wildman–Crippen MR) is 138 cm³/mol. The van der Waals surface area contributed by atoms with Gasteiger partial charge >= 0.3 is 11.9 Å². The summed E-state index contributed by atoms with van der Waals surface area (Å²) in [7, 11) is 0. The molecule has 3 heterocycles. The highest BCUT2D eigenvalue weighted by atomic mass is 32.1. The number of aryl methyl sites for hydroxylation is 1. The Hall–Kier alpha value is -4.64. The molecule has 1 fully saturated rings. The summed E-state index contributed by atoms with van der Waals surface area (Å²) in [6.45, 7) is 5.82. The molecule has 0 spiro atoms. The maximum absolute atomic E-state index is 13.4. The third kappa shape index (κ3) is 4.37. The van der Waals surface area contributed by atoms with Gasteiger partial charge in [0.25, 0.3) is 5.78 Å².